The van der Waals surface area contributed by atoms with Gasteiger partial charge in [-0.2, -0.15) is 0 Å². The van der Waals surface area contributed by atoms with Crippen LogP contribution >= 0.6 is 23.4 Å². The van der Waals surface area contributed by atoms with Crippen molar-refractivity contribution in [3.8, 4) is 22.3 Å². The average Bonchev–Trinajstić information content (AvgIpc) is 3.34. The largest absolute Gasteiger partial charge is 0.333 e. The molecule has 3 aromatic carbocycles. The van der Waals surface area contributed by atoms with Crippen molar-refractivity contribution in [1.29, 1.82) is 0 Å². The minimum absolute atomic E-state index is 0.0193. The normalized spacial score (nSPS) is 16.5. The third kappa shape index (κ3) is 6.68. The molecule has 0 saturated carbocycles. The SMILES string of the molecule is CC(C)(C)c1cc(-c2ccc(Cl)c(-c3cc(C(C)(C)C)cc(C(C)(C)C)c3)c2N2CSC3=C2CCCC3)cc(C(C)(C)C)c1. The number of halogens is 1. The predicted octanol–water partition coefficient (Wildman–Crippen LogP) is 13.2. The Hall–Kier alpha value is -2.16. The van der Waals surface area contributed by atoms with Crippen molar-refractivity contribution in [3.63, 3.8) is 0 Å². The minimum atomic E-state index is 0.0193. The molecule has 0 unspecified atom stereocenters. The van der Waals surface area contributed by atoms with Gasteiger partial charge >= 0.3 is 0 Å². The molecule has 0 bridgehead atoms. The van der Waals surface area contributed by atoms with Crippen molar-refractivity contribution >= 4 is 29.1 Å². The van der Waals surface area contributed by atoms with Crippen LogP contribution in [0.3, 0.4) is 0 Å². The molecule has 0 fully saturated rings. The summed E-state index contributed by atoms with van der Waals surface area (Å²) in [6, 6.07) is 19.0. The number of anilines is 1. The first-order chi connectivity index (χ1) is 20.2. The lowest BCUT2D eigenvalue weighted by Gasteiger charge is -2.32. The van der Waals surface area contributed by atoms with E-state index in [1.54, 1.807) is 4.91 Å². The number of hydrogen-bond donors (Lipinski definition) is 0. The fourth-order valence-corrected chi connectivity index (χ4v) is 7.86. The molecule has 1 aliphatic carbocycles. The molecule has 1 aliphatic heterocycles. The monoisotopic (exact) mass is 627 g/mol. The fourth-order valence-electron chi connectivity index (χ4n) is 6.36. The molecule has 236 valence electrons. The highest BCUT2D eigenvalue weighted by Crippen LogP contribution is 2.52. The summed E-state index contributed by atoms with van der Waals surface area (Å²) in [5.41, 5.74) is 13.3. The van der Waals surface area contributed by atoms with E-state index in [2.05, 4.69) is 137 Å². The fraction of sp³-hybridized carbons (Fsp3) is 0.512. The highest BCUT2D eigenvalue weighted by molar-refractivity contribution is 8.03. The van der Waals surface area contributed by atoms with Crippen molar-refractivity contribution < 1.29 is 0 Å². The molecule has 5 rings (SSSR count). The van der Waals surface area contributed by atoms with Crippen LogP contribution in [0.2, 0.25) is 5.02 Å². The molecule has 0 radical (unpaired) electrons. The highest BCUT2D eigenvalue weighted by Gasteiger charge is 2.32. The summed E-state index contributed by atoms with van der Waals surface area (Å²) in [4.78, 5) is 4.21. The number of allylic oxidation sites excluding steroid dienone is 2. The molecule has 0 aromatic heterocycles. The van der Waals surface area contributed by atoms with Gasteiger partial charge in [0.25, 0.3) is 0 Å². The van der Waals surface area contributed by atoms with Gasteiger partial charge in [-0.1, -0.05) is 137 Å². The maximum Gasteiger partial charge on any atom is 0.0729 e. The average molecular weight is 628 g/mol. The molecule has 1 nitrogen and oxygen atoms in total. The maximum absolute atomic E-state index is 7.37. The molecule has 3 aromatic rings. The van der Waals surface area contributed by atoms with E-state index in [1.165, 1.54) is 75.2 Å². The predicted molar refractivity (Wildman–Crippen MR) is 198 cm³/mol. The van der Waals surface area contributed by atoms with Crippen LogP contribution in [0.15, 0.2) is 59.1 Å². The Labute approximate surface area is 277 Å². The zero-order valence-electron chi connectivity index (χ0n) is 29.4. The third-order valence-electron chi connectivity index (χ3n) is 9.41. The van der Waals surface area contributed by atoms with Crippen LogP contribution < -0.4 is 4.90 Å². The second kappa shape index (κ2) is 11.6. The van der Waals surface area contributed by atoms with Gasteiger partial charge in [0.2, 0.25) is 0 Å². The Bertz CT molecular complexity index is 1530. The Kier molecular flexibility index (Phi) is 8.74. The maximum atomic E-state index is 7.37. The third-order valence-corrected chi connectivity index (χ3v) is 10.9. The van der Waals surface area contributed by atoms with Gasteiger partial charge in [0.05, 0.1) is 16.6 Å². The molecule has 0 amide bonds. The van der Waals surface area contributed by atoms with E-state index in [0.29, 0.717) is 0 Å². The zero-order chi connectivity index (χ0) is 32.4. The van der Waals surface area contributed by atoms with Crippen LogP contribution in [0.4, 0.5) is 5.69 Å². The first-order valence-corrected chi connectivity index (χ1v) is 17.9. The van der Waals surface area contributed by atoms with Crippen LogP contribution in [0.1, 0.15) is 131 Å². The number of nitrogens with zero attached hydrogens (tertiary/aromatic N) is 1. The Balaban J connectivity index is 1.89. The van der Waals surface area contributed by atoms with E-state index in [9.17, 15) is 0 Å². The van der Waals surface area contributed by atoms with E-state index < -0.39 is 0 Å². The van der Waals surface area contributed by atoms with E-state index in [-0.39, 0.29) is 21.7 Å². The van der Waals surface area contributed by atoms with Gasteiger partial charge in [-0.3, -0.25) is 0 Å². The summed E-state index contributed by atoms with van der Waals surface area (Å²) >= 11 is 9.40. The second-order valence-electron chi connectivity index (χ2n) is 17.2. The molecule has 44 heavy (non-hydrogen) atoms. The van der Waals surface area contributed by atoms with Gasteiger partial charge in [-0.15, -0.1) is 11.8 Å². The van der Waals surface area contributed by atoms with Crippen molar-refractivity contribution in [2.45, 2.75) is 130 Å². The summed E-state index contributed by atoms with van der Waals surface area (Å²) in [6.45, 7) is 27.9. The lowest BCUT2D eigenvalue weighted by Crippen LogP contribution is -2.22. The van der Waals surface area contributed by atoms with Crippen molar-refractivity contribution in [2.24, 2.45) is 0 Å². The Morgan fingerprint density at radius 2 is 1.05 bits per heavy atom. The summed E-state index contributed by atoms with van der Waals surface area (Å²) in [5, 5.41) is 0.826. The molecular weight excluding hydrogens is 574 g/mol. The number of benzene rings is 3. The van der Waals surface area contributed by atoms with E-state index >= 15 is 0 Å². The Morgan fingerprint density at radius 3 is 1.52 bits per heavy atom. The first kappa shape index (κ1) is 33.2. The zero-order valence-corrected chi connectivity index (χ0v) is 31.0. The van der Waals surface area contributed by atoms with Crippen molar-refractivity contribution in [1.82, 2.24) is 0 Å². The standard InChI is InChI=1S/C41H54ClNS/c1-38(2,3)28-19-26(20-29(23-28)39(4,5)6)32-17-18-33(42)36(37(32)43-25-44-35-16-14-13-15-34(35)43)27-21-30(40(7,8)9)24-31(22-27)41(10,11)12/h17-24H,13-16,25H2,1-12H3. The van der Waals surface area contributed by atoms with Crippen LogP contribution in [-0.4, -0.2) is 5.88 Å². The molecule has 0 atom stereocenters. The Morgan fingerprint density at radius 1 is 0.591 bits per heavy atom. The minimum Gasteiger partial charge on any atom is -0.333 e. The summed E-state index contributed by atoms with van der Waals surface area (Å²) in [5.74, 6) is 0.946. The lowest BCUT2D eigenvalue weighted by molar-refractivity contribution is 0.568. The molecule has 0 saturated heterocycles. The van der Waals surface area contributed by atoms with Crippen molar-refractivity contribution in [2.75, 3.05) is 10.8 Å². The summed E-state index contributed by atoms with van der Waals surface area (Å²) in [6.07, 6.45) is 4.88. The number of hydrogen-bond acceptors (Lipinski definition) is 2. The molecule has 0 N–H and O–H groups in total. The second-order valence-corrected chi connectivity index (χ2v) is 18.6. The number of thioether (sulfide) groups is 1. The van der Waals surface area contributed by atoms with Gasteiger partial charge in [0.1, 0.15) is 0 Å². The van der Waals surface area contributed by atoms with Crippen LogP contribution in [0.25, 0.3) is 22.3 Å². The smallest absolute Gasteiger partial charge is 0.0729 e. The molecule has 2 aliphatic rings. The van der Waals surface area contributed by atoms with Gasteiger partial charge in [0.15, 0.2) is 0 Å². The molecular formula is C41H54ClNS. The van der Waals surface area contributed by atoms with Gasteiger partial charge in [-0.05, 0) is 86.8 Å². The topological polar surface area (TPSA) is 3.24 Å². The lowest BCUT2D eigenvalue weighted by atomic mass is 9.77. The van der Waals surface area contributed by atoms with E-state index in [1.807, 2.05) is 11.8 Å². The molecule has 3 heteroatoms. The quantitative estimate of drug-likeness (QED) is 0.284. The summed E-state index contributed by atoms with van der Waals surface area (Å²) < 4.78 is 0. The summed E-state index contributed by atoms with van der Waals surface area (Å²) in [7, 11) is 0. The van der Waals surface area contributed by atoms with Crippen LogP contribution in [-0.2, 0) is 21.7 Å². The van der Waals surface area contributed by atoms with E-state index in [4.69, 9.17) is 11.6 Å². The van der Waals surface area contributed by atoms with Gasteiger partial charge < -0.3 is 4.90 Å². The molecule has 0 spiro atoms. The number of rotatable bonds is 3. The van der Waals surface area contributed by atoms with Crippen LogP contribution in [0.5, 0.6) is 0 Å². The highest BCUT2D eigenvalue weighted by atomic mass is 35.5. The van der Waals surface area contributed by atoms with Crippen molar-refractivity contribution in [3.05, 3.63) is 86.4 Å². The molecule has 1 heterocycles. The van der Waals surface area contributed by atoms with Gasteiger partial charge in [-0.25, -0.2) is 0 Å². The van der Waals surface area contributed by atoms with Gasteiger partial charge in [0, 0.05) is 21.7 Å². The van der Waals surface area contributed by atoms with Crippen LogP contribution in [0, 0.1) is 0 Å². The van der Waals surface area contributed by atoms with E-state index in [0.717, 1.165) is 17.3 Å². The first-order valence-electron chi connectivity index (χ1n) is 16.5.